The highest BCUT2D eigenvalue weighted by atomic mass is 16.5. The number of nitrogens with zero attached hydrogens (tertiary/aromatic N) is 4. The second-order valence-corrected chi connectivity index (χ2v) is 10.6. The zero-order valence-electron chi connectivity index (χ0n) is 21.9. The van der Waals surface area contributed by atoms with Gasteiger partial charge in [0.1, 0.15) is 22.7 Å². The summed E-state index contributed by atoms with van der Waals surface area (Å²) in [5.74, 6) is 0.337. The van der Waals surface area contributed by atoms with E-state index in [4.69, 9.17) is 9.47 Å². The number of carbonyl (C=O) groups excluding carboxylic acids is 2. The van der Waals surface area contributed by atoms with Crippen molar-refractivity contribution in [2.45, 2.75) is 38.9 Å². The minimum Gasteiger partial charge on any atom is -0.507 e. The summed E-state index contributed by atoms with van der Waals surface area (Å²) in [6, 6.07) is 6.81. The predicted octanol–water partition coefficient (Wildman–Crippen LogP) is 3.75. The number of aryl methyl sites for hydroxylation is 1. The van der Waals surface area contributed by atoms with Gasteiger partial charge in [0, 0.05) is 68.2 Å². The number of pyridine rings is 1. The van der Waals surface area contributed by atoms with Gasteiger partial charge in [-0.2, -0.15) is 0 Å². The van der Waals surface area contributed by atoms with Crippen LogP contribution in [0.25, 0.3) is 17.1 Å². The number of carbonyl (C=O) groups is 2. The molecule has 2 atom stereocenters. The molecule has 0 aliphatic carbocycles. The van der Waals surface area contributed by atoms with Gasteiger partial charge in [0.05, 0.1) is 12.2 Å². The average Bonchev–Trinajstić information content (AvgIpc) is 3.40. The largest absolute Gasteiger partial charge is 0.507 e. The molecule has 3 aromatic rings. The number of ether oxygens (including phenoxy) is 2. The third-order valence-electron chi connectivity index (χ3n) is 7.74. The number of morpholine rings is 1. The number of Topliss-reactive ketones (excluding diaryl/α,β-unsaturated/α-hetero) is 1. The van der Waals surface area contributed by atoms with E-state index in [1.807, 2.05) is 42.6 Å². The van der Waals surface area contributed by atoms with E-state index in [1.54, 1.807) is 24.4 Å². The SMILES string of the molecule is C[C@@H]1CN(C(=O)C2CCN(c3ccnc4c3c(/C=C3\Oc5cccc(O)c5C3=O)cn4C)CC2)C[C@H](C)O1. The molecule has 0 saturated carbocycles. The summed E-state index contributed by atoms with van der Waals surface area (Å²) >= 11 is 0. The maximum absolute atomic E-state index is 13.3. The number of fused-ring (bicyclic) bond motifs is 2. The Labute approximate surface area is 221 Å². The van der Waals surface area contributed by atoms with Gasteiger partial charge in [-0.1, -0.05) is 6.07 Å². The molecule has 38 heavy (non-hydrogen) atoms. The van der Waals surface area contributed by atoms with E-state index in [0.717, 1.165) is 48.2 Å². The maximum atomic E-state index is 13.3. The summed E-state index contributed by atoms with van der Waals surface area (Å²) in [5.41, 5.74) is 2.83. The molecule has 9 heteroatoms. The monoisotopic (exact) mass is 516 g/mol. The van der Waals surface area contributed by atoms with Crippen molar-refractivity contribution in [1.82, 2.24) is 14.5 Å². The van der Waals surface area contributed by atoms with Crippen molar-refractivity contribution in [2.75, 3.05) is 31.1 Å². The van der Waals surface area contributed by atoms with Gasteiger partial charge in [0.25, 0.3) is 0 Å². The number of piperidine rings is 1. The number of hydrogen-bond donors (Lipinski definition) is 1. The number of rotatable bonds is 3. The number of benzene rings is 1. The van der Waals surface area contributed by atoms with Gasteiger partial charge in [0.2, 0.25) is 11.7 Å². The van der Waals surface area contributed by atoms with Crippen molar-refractivity contribution in [2.24, 2.45) is 13.0 Å². The van der Waals surface area contributed by atoms with Crippen molar-refractivity contribution >= 4 is 34.5 Å². The molecule has 3 aliphatic heterocycles. The van der Waals surface area contributed by atoms with Crippen LogP contribution in [-0.2, 0) is 16.6 Å². The van der Waals surface area contributed by atoms with E-state index in [0.29, 0.717) is 18.8 Å². The fourth-order valence-electron chi connectivity index (χ4n) is 6.03. The molecule has 0 bridgehead atoms. The van der Waals surface area contributed by atoms with Crippen LogP contribution in [0.2, 0.25) is 0 Å². The van der Waals surface area contributed by atoms with E-state index in [9.17, 15) is 14.7 Å². The minimum atomic E-state index is -0.341. The van der Waals surface area contributed by atoms with Crippen LogP contribution in [0, 0.1) is 5.92 Å². The summed E-state index contributed by atoms with van der Waals surface area (Å²) in [7, 11) is 1.92. The second-order valence-electron chi connectivity index (χ2n) is 10.6. The van der Waals surface area contributed by atoms with Crippen LogP contribution in [0.15, 0.2) is 42.4 Å². The number of ketones is 1. The van der Waals surface area contributed by atoms with Gasteiger partial charge in [-0.25, -0.2) is 4.98 Å². The van der Waals surface area contributed by atoms with Crippen LogP contribution < -0.4 is 9.64 Å². The third kappa shape index (κ3) is 4.20. The molecular weight excluding hydrogens is 484 g/mol. The minimum absolute atomic E-state index is 0.00846. The normalized spacial score (nSPS) is 23.2. The Bertz CT molecular complexity index is 1440. The molecule has 0 unspecified atom stereocenters. The average molecular weight is 517 g/mol. The van der Waals surface area contributed by atoms with Crippen LogP contribution in [0.3, 0.4) is 0 Å². The lowest BCUT2D eigenvalue weighted by molar-refractivity contribution is -0.148. The standard InChI is InChI=1S/C29H32N4O5/c1-17-14-33(15-18(2)37-17)29(36)19-8-11-32(12-9-19)21-7-10-30-28-25(21)20(16-31(28)3)13-24-27(35)26-22(34)5-4-6-23(26)38-24/h4-7,10,13,16-19,34H,8-9,11-12,14-15H2,1-3H3/b24-13-/t17-,18+. The van der Waals surface area contributed by atoms with Gasteiger partial charge >= 0.3 is 0 Å². The summed E-state index contributed by atoms with van der Waals surface area (Å²) < 4.78 is 13.6. The second kappa shape index (κ2) is 9.47. The molecule has 2 aromatic heterocycles. The van der Waals surface area contributed by atoms with E-state index in [2.05, 4.69) is 9.88 Å². The highest BCUT2D eigenvalue weighted by Gasteiger charge is 2.34. The first-order valence-electron chi connectivity index (χ1n) is 13.2. The van der Waals surface area contributed by atoms with Crippen LogP contribution in [0.4, 0.5) is 5.69 Å². The lowest BCUT2D eigenvalue weighted by Gasteiger charge is -2.39. The van der Waals surface area contributed by atoms with Gasteiger partial charge in [-0.15, -0.1) is 0 Å². The first-order chi connectivity index (χ1) is 18.3. The summed E-state index contributed by atoms with van der Waals surface area (Å²) in [5, 5.41) is 11.1. The number of amides is 1. The van der Waals surface area contributed by atoms with Crippen molar-refractivity contribution in [3.63, 3.8) is 0 Å². The van der Waals surface area contributed by atoms with Crippen LogP contribution in [-0.4, -0.2) is 69.6 Å². The number of aromatic hydroxyl groups is 1. The topological polar surface area (TPSA) is 97.1 Å². The van der Waals surface area contributed by atoms with Crippen molar-refractivity contribution < 1.29 is 24.2 Å². The smallest absolute Gasteiger partial charge is 0.235 e. The van der Waals surface area contributed by atoms with Crippen LogP contribution in [0.1, 0.15) is 42.6 Å². The Hall–Kier alpha value is -3.85. The molecule has 2 saturated heterocycles. The lowest BCUT2D eigenvalue weighted by Crippen LogP contribution is -2.51. The van der Waals surface area contributed by atoms with Crippen LogP contribution in [0.5, 0.6) is 11.5 Å². The van der Waals surface area contributed by atoms with E-state index in [-0.39, 0.29) is 46.9 Å². The molecule has 1 amide bonds. The van der Waals surface area contributed by atoms with Gasteiger partial charge in [0.15, 0.2) is 5.76 Å². The molecule has 198 valence electrons. The number of allylic oxidation sites excluding steroid dienone is 1. The molecule has 3 aliphatic rings. The van der Waals surface area contributed by atoms with Crippen LogP contribution >= 0.6 is 0 Å². The quantitative estimate of drug-likeness (QED) is 0.530. The lowest BCUT2D eigenvalue weighted by atomic mass is 9.94. The molecule has 9 nitrogen and oxygen atoms in total. The van der Waals surface area contributed by atoms with Crippen molar-refractivity contribution in [3.8, 4) is 11.5 Å². The summed E-state index contributed by atoms with van der Waals surface area (Å²) in [6.07, 6.45) is 7.14. The van der Waals surface area contributed by atoms with Gasteiger partial charge < -0.3 is 28.9 Å². The Morgan fingerprint density at radius 2 is 1.87 bits per heavy atom. The predicted molar refractivity (Wildman–Crippen MR) is 143 cm³/mol. The molecule has 0 spiro atoms. The van der Waals surface area contributed by atoms with Crippen molar-refractivity contribution in [1.29, 1.82) is 0 Å². The Balaban J connectivity index is 1.25. The first-order valence-corrected chi connectivity index (χ1v) is 13.2. The van der Waals surface area contributed by atoms with Gasteiger partial charge in [-0.3, -0.25) is 9.59 Å². The maximum Gasteiger partial charge on any atom is 0.235 e. The highest BCUT2D eigenvalue weighted by Crippen LogP contribution is 2.39. The first kappa shape index (κ1) is 24.5. The molecule has 0 radical (unpaired) electrons. The Morgan fingerprint density at radius 1 is 1.13 bits per heavy atom. The van der Waals surface area contributed by atoms with E-state index >= 15 is 0 Å². The fourth-order valence-corrected chi connectivity index (χ4v) is 6.03. The molecule has 1 aromatic carbocycles. The molecule has 5 heterocycles. The molecule has 6 rings (SSSR count). The van der Waals surface area contributed by atoms with E-state index in [1.165, 1.54) is 6.07 Å². The number of phenols is 1. The summed E-state index contributed by atoms with van der Waals surface area (Å²) in [4.78, 5) is 35.1. The van der Waals surface area contributed by atoms with Crippen molar-refractivity contribution in [3.05, 3.63) is 53.5 Å². The third-order valence-corrected chi connectivity index (χ3v) is 7.74. The number of hydrogen-bond acceptors (Lipinski definition) is 7. The van der Waals surface area contributed by atoms with E-state index < -0.39 is 0 Å². The Morgan fingerprint density at radius 3 is 2.58 bits per heavy atom. The molecule has 2 fully saturated rings. The fraction of sp³-hybridized carbons (Fsp3) is 0.414. The number of phenolic OH excluding ortho intramolecular Hbond substituents is 1. The zero-order chi connectivity index (χ0) is 26.6. The zero-order valence-corrected chi connectivity index (χ0v) is 21.9. The summed E-state index contributed by atoms with van der Waals surface area (Å²) in [6.45, 7) is 6.85. The number of anilines is 1. The highest BCUT2D eigenvalue weighted by molar-refractivity contribution is 6.17. The number of aromatic nitrogens is 2. The molecular formula is C29H32N4O5. The van der Waals surface area contributed by atoms with Gasteiger partial charge in [-0.05, 0) is 51.0 Å². The molecule has 1 N–H and O–H groups in total. The Kier molecular flexibility index (Phi) is 6.10.